The van der Waals surface area contributed by atoms with Gasteiger partial charge in [0.25, 0.3) is 0 Å². The smallest absolute Gasteiger partial charge is 0.233 e. The summed E-state index contributed by atoms with van der Waals surface area (Å²) in [6.07, 6.45) is -2.67. The standard InChI is InChI=1S/C12H18O7/c1-2-3-4-5-7(14)9(16)11(18)12(19)10(17)8(15)6-13/h2-5,8,10-13,15,17-19H,6H2,1H3/b3-2+,5-4+/t8-,10-,11+,12+/m1/s1. The van der Waals surface area contributed by atoms with Crippen molar-refractivity contribution in [2.75, 3.05) is 6.61 Å². The molecular weight excluding hydrogens is 256 g/mol. The number of aliphatic hydroxyl groups excluding tert-OH is 5. The Morgan fingerprint density at radius 2 is 1.63 bits per heavy atom. The normalized spacial score (nSPS) is 18.4. The fourth-order valence-corrected chi connectivity index (χ4v) is 1.16. The Hall–Kier alpha value is -1.38. The van der Waals surface area contributed by atoms with Gasteiger partial charge >= 0.3 is 0 Å². The Bertz CT molecular complexity index is 361. The number of rotatable bonds is 8. The molecule has 0 saturated heterocycles. The second-order valence-electron chi connectivity index (χ2n) is 3.79. The van der Waals surface area contributed by atoms with Gasteiger partial charge in [0.2, 0.25) is 11.6 Å². The number of hydrogen-bond acceptors (Lipinski definition) is 7. The largest absolute Gasteiger partial charge is 0.394 e. The average molecular weight is 274 g/mol. The maximum atomic E-state index is 11.4. The first-order chi connectivity index (χ1) is 8.86. The second-order valence-corrected chi connectivity index (χ2v) is 3.79. The minimum Gasteiger partial charge on any atom is -0.394 e. The van der Waals surface area contributed by atoms with Gasteiger partial charge in [0.05, 0.1) is 6.61 Å². The summed E-state index contributed by atoms with van der Waals surface area (Å²) in [5.74, 6) is -2.38. The third kappa shape index (κ3) is 5.41. The van der Waals surface area contributed by atoms with Crippen molar-refractivity contribution in [1.82, 2.24) is 0 Å². The predicted molar refractivity (Wildman–Crippen MR) is 65.1 cm³/mol. The fraction of sp³-hybridized carbons (Fsp3) is 0.500. The van der Waals surface area contributed by atoms with E-state index >= 15 is 0 Å². The van der Waals surface area contributed by atoms with E-state index in [0.29, 0.717) is 0 Å². The summed E-state index contributed by atoms with van der Waals surface area (Å²) in [4.78, 5) is 22.7. The first-order valence-corrected chi connectivity index (χ1v) is 5.57. The van der Waals surface area contributed by atoms with Gasteiger partial charge in [-0.05, 0) is 13.0 Å². The van der Waals surface area contributed by atoms with Crippen LogP contribution < -0.4 is 0 Å². The molecule has 7 nitrogen and oxygen atoms in total. The molecule has 19 heavy (non-hydrogen) atoms. The van der Waals surface area contributed by atoms with Gasteiger partial charge in [-0.15, -0.1) is 0 Å². The molecule has 0 fully saturated rings. The molecule has 0 spiro atoms. The maximum Gasteiger partial charge on any atom is 0.233 e. The summed E-state index contributed by atoms with van der Waals surface area (Å²) in [6, 6.07) is 0. The molecule has 4 atom stereocenters. The molecule has 5 N–H and O–H groups in total. The van der Waals surface area contributed by atoms with E-state index in [-0.39, 0.29) is 0 Å². The van der Waals surface area contributed by atoms with Gasteiger partial charge in [0.15, 0.2) is 0 Å². The van der Waals surface area contributed by atoms with E-state index in [2.05, 4.69) is 0 Å². The maximum absolute atomic E-state index is 11.4. The van der Waals surface area contributed by atoms with Crippen LogP contribution in [0.15, 0.2) is 24.3 Å². The third-order valence-electron chi connectivity index (χ3n) is 2.32. The van der Waals surface area contributed by atoms with Crippen LogP contribution in [0.1, 0.15) is 6.92 Å². The SMILES string of the molecule is C/C=C/C=C/C(=O)C(=O)[C@H](O)[C@@H](O)[C@H](O)[C@H](O)CO. The molecule has 0 amide bonds. The van der Waals surface area contributed by atoms with Gasteiger partial charge in [0, 0.05) is 0 Å². The number of hydrogen-bond donors (Lipinski definition) is 5. The first-order valence-electron chi connectivity index (χ1n) is 5.57. The summed E-state index contributed by atoms with van der Waals surface area (Å²) in [7, 11) is 0. The van der Waals surface area contributed by atoms with Crippen LogP contribution in [-0.4, -0.2) is 68.1 Å². The lowest BCUT2D eigenvalue weighted by Crippen LogP contribution is -2.49. The molecule has 7 heteroatoms. The van der Waals surface area contributed by atoms with Crippen molar-refractivity contribution in [2.24, 2.45) is 0 Å². The van der Waals surface area contributed by atoms with Gasteiger partial charge in [-0.25, -0.2) is 0 Å². The first kappa shape index (κ1) is 17.6. The topological polar surface area (TPSA) is 135 Å². The molecule has 0 aliphatic heterocycles. The van der Waals surface area contributed by atoms with Crippen LogP contribution in [0.25, 0.3) is 0 Å². The summed E-state index contributed by atoms with van der Waals surface area (Å²) in [5, 5.41) is 45.7. The van der Waals surface area contributed by atoms with Crippen molar-refractivity contribution < 1.29 is 35.1 Å². The van der Waals surface area contributed by atoms with E-state index < -0.39 is 42.6 Å². The molecule has 0 aromatic carbocycles. The van der Waals surface area contributed by atoms with Crippen LogP contribution in [-0.2, 0) is 9.59 Å². The van der Waals surface area contributed by atoms with Gasteiger partial charge in [-0.2, -0.15) is 0 Å². The minimum absolute atomic E-state index is 0.867. The van der Waals surface area contributed by atoms with Crippen LogP contribution in [0.3, 0.4) is 0 Å². The Morgan fingerprint density at radius 3 is 2.11 bits per heavy atom. The Balaban J connectivity index is 4.67. The Kier molecular flexibility index (Phi) is 8.05. The van der Waals surface area contributed by atoms with Gasteiger partial charge < -0.3 is 25.5 Å². The highest BCUT2D eigenvalue weighted by Gasteiger charge is 2.35. The highest BCUT2D eigenvalue weighted by atomic mass is 16.4. The molecule has 0 heterocycles. The molecule has 108 valence electrons. The number of allylic oxidation sites excluding steroid dienone is 4. The molecule has 0 aliphatic carbocycles. The van der Waals surface area contributed by atoms with Gasteiger partial charge in [0.1, 0.15) is 24.4 Å². The number of ketones is 2. The molecule has 0 aromatic rings. The summed E-state index contributed by atoms with van der Waals surface area (Å²) >= 11 is 0. The third-order valence-corrected chi connectivity index (χ3v) is 2.32. The highest BCUT2D eigenvalue weighted by Crippen LogP contribution is 2.06. The Labute approximate surface area is 110 Å². The summed E-state index contributed by atoms with van der Waals surface area (Å²) in [6.45, 7) is 0.830. The molecule has 0 radical (unpaired) electrons. The monoisotopic (exact) mass is 274 g/mol. The lowest BCUT2D eigenvalue weighted by atomic mass is 9.98. The number of Topliss-reactive ketones (excluding diaryl/α,β-unsaturated/α-hetero) is 1. The summed E-state index contributed by atoms with van der Waals surface area (Å²) in [5.41, 5.74) is 0. The van der Waals surface area contributed by atoms with Gasteiger partial charge in [-0.3, -0.25) is 9.59 Å². The highest BCUT2D eigenvalue weighted by molar-refractivity contribution is 6.43. The van der Waals surface area contributed by atoms with E-state index in [1.54, 1.807) is 13.0 Å². The van der Waals surface area contributed by atoms with Crippen molar-refractivity contribution in [3.63, 3.8) is 0 Å². The summed E-state index contributed by atoms with van der Waals surface area (Å²) < 4.78 is 0. The molecular formula is C12H18O7. The molecule has 0 aliphatic rings. The molecule has 0 aromatic heterocycles. The molecule has 0 saturated carbocycles. The van der Waals surface area contributed by atoms with E-state index in [1.807, 2.05) is 0 Å². The number of carbonyl (C=O) groups excluding carboxylic acids is 2. The van der Waals surface area contributed by atoms with Crippen LogP contribution in [0.5, 0.6) is 0 Å². The van der Waals surface area contributed by atoms with Crippen molar-refractivity contribution in [3.8, 4) is 0 Å². The van der Waals surface area contributed by atoms with Gasteiger partial charge in [-0.1, -0.05) is 18.2 Å². The van der Waals surface area contributed by atoms with Crippen molar-refractivity contribution >= 4 is 11.6 Å². The van der Waals surface area contributed by atoms with Crippen LogP contribution >= 0.6 is 0 Å². The van der Waals surface area contributed by atoms with E-state index in [4.69, 9.17) is 10.2 Å². The number of aliphatic hydroxyl groups is 5. The fourth-order valence-electron chi connectivity index (χ4n) is 1.16. The molecule has 0 unspecified atom stereocenters. The molecule has 0 bridgehead atoms. The van der Waals surface area contributed by atoms with E-state index in [1.165, 1.54) is 12.2 Å². The van der Waals surface area contributed by atoms with Crippen molar-refractivity contribution in [2.45, 2.75) is 31.3 Å². The predicted octanol–water partition coefficient (Wildman–Crippen LogP) is -2.31. The lowest BCUT2D eigenvalue weighted by Gasteiger charge is -2.24. The zero-order valence-corrected chi connectivity index (χ0v) is 10.4. The van der Waals surface area contributed by atoms with Crippen molar-refractivity contribution in [1.29, 1.82) is 0 Å². The van der Waals surface area contributed by atoms with Crippen LogP contribution in [0.4, 0.5) is 0 Å². The molecule has 0 rings (SSSR count). The zero-order chi connectivity index (χ0) is 15.0. The second kappa shape index (κ2) is 8.68. The minimum atomic E-state index is -2.18. The lowest BCUT2D eigenvalue weighted by molar-refractivity contribution is -0.152. The number of carbonyl (C=O) groups is 2. The van der Waals surface area contributed by atoms with E-state index in [0.717, 1.165) is 6.08 Å². The quantitative estimate of drug-likeness (QED) is 0.191. The Morgan fingerprint density at radius 1 is 1.05 bits per heavy atom. The van der Waals surface area contributed by atoms with Crippen LogP contribution in [0.2, 0.25) is 0 Å². The average Bonchev–Trinajstić information content (AvgIpc) is 2.43. The van der Waals surface area contributed by atoms with E-state index in [9.17, 15) is 24.9 Å². The van der Waals surface area contributed by atoms with Crippen LogP contribution in [0, 0.1) is 0 Å². The van der Waals surface area contributed by atoms with Crippen molar-refractivity contribution in [3.05, 3.63) is 24.3 Å². The zero-order valence-electron chi connectivity index (χ0n) is 10.4.